The van der Waals surface area contributed by atoms with Crippen molar-refractivity contribution in [3.63, 3.8) is 0 Å². The summed E-state index contributed by atoms with van der Waals surface area (Å²) in [6.45, 7) is 3.64. The predicted octanol–water partition coefficient (Wildman–Crippen LogP) is 5.40. The fourth-order valence-electron chi connectivity index (χ4n) is 6.71. The summed E-state index contributed by atoms with van der Waals surface area (Å²) < 4.78 is 25.0. The third-order valence-corrected chi connectivity index (χ3v) is 8.87. The van der Waals surface area contributed by atoms with Crippen LogP contribution in [0.15, 0.2) is 0 Å². The van der Waals surface area contributed by atoms with Crippen LogP contribution >= 0.6 is 0 Å². The van der Waals surface area contributed by atoms with Crippen molar-refractivity contribution in [2.24, 2.45) is 23.2 Å². The lowest BCUT2D eigenvalue weighted by atomic mass is 9.63. The molecule has 0 aromatic rings. The molecule has 2 aliphatic heterocycles. The van der Waals surface area contributed by atoms with E-state index in [4.69, 9.17) is 18.9 Å². The van der Waals surface area contributed by atoms with Gasteiger partial charge in [-0.15, -0.1) is 11.8 Å². The van der Waals surface area contributed by atoms with E-state index in [0.29, 0.717) is 30.5 Å². The Morgan fingerprint density at radius 3 is 2.43 bits per heavy atom. The van der Waals surface area contributed by atoms with E-state index < -0.39 is 0 Å². The SMILES string of the molecule is CCC#CCC1([C@@H](C#C[C@H]2[C@H]3CC(=O)C[C@H]3C[C@H]2OC2CCCCO2)OC2CCCCO2)CCC1. The molecule has 0 N–H and O–H groups in total. The maximum absolute atomic E-state index is 12.3. The molecule has 7 atom stereocenters. The minimum absolute atomic E-state index is 0.0116. The Morgan fingerprint density at radius 2 is 1.77 bits per heavy atom. The van der Waals surface area contributed by atoms with E-state index >= 15 is 0 Å². The molecule has 192 valence electrons. The van der Waals surface area contributed by atoms with Gasteiger partial charge in [-0.1, -0.05) is 25.2 Å². The second kappa shape index (κ2) is 11.8. The number of fused-ring (bicyclic) bond motifs is 1. The molecule has 5 fully saturated rings. The first kappa shape index (κ1) is 25.3. The second-order valence-electron chi connectivity index (χ2n) is 11.3. The van der Waals surface area contributed by atoms with Gasteiger partial charge in [0.25, 0.3) is 0 Å². The maximum atomic E-state index is 12.3. The number of ether oxygens (including phenoxy) is 4. The topological polar surface area (TPSA) is 54.0 Å². The van der Waals surface area contributed by atoms with E-state index in [9.17, 15) is 4.79 Å². The normalized spacial score (nSPS) is 36.8. The number of Topliss-reactive ketones (excluding diaryl/α,β-unsaturated/α-hetero) is 1. The van der Waals surface area contributed by atoms with Crippen molar-refractivity contribution in [2.45, 2.75) is 122 Å². The molecule has 5 heteroatoms. The minimum atomic E-state index is -0.187. The molecule has 0 amide bonds. The van der Waals surface area contributed by atoms with Gasteiger partial charge in [0.1, 0.15) is 11.9 Å². The van der Waals surface area contributed by atoms with Crippen molar-refractivity contribution >= 4 is 5.78 Å². The van der Waals surface area contributed by atoms with Crippen molar-refractivity contribution in [2.75, 3.05) is 13.2 Å². The van der Waals surface area contributed by atoms with Crippen molar-refractivity contribution in [3.8, 4) is 23.7 Å². The fraction of sp³-hybridized carbons (Fsp3) is 0.833. The lowest BCUT2D eigenvalue weighted by molar-refractivity contribution is -0.206. The first-order valence-electron chi connectivity index (χ1n) is 14.2. The van der Waals surface area contributed by atoms with Crippen molar-refractivity contribution in [1.82, 2.24) is 0 Å². The van der Waals surface area contributed by atoms with Gasteiger partial charge < -0.3 is 18.9 Å². The molecule has 3 saturated carbocycles. The van der Waals surface area contributed by atoms with Crippen LogP contribution in [0.1, 0.15) is 96.8 Å². The van der Waals surface area contributed by atoms with E-state index in [2.05, 4.69) is 30.6 Å². The molecule has 2 heterocycles. The number of carbonyl (C=O) groups excluding carboxylic acids is 1. The molecule has 0 aromatic carbocycles. The summed E-state index contributed by atoms with van der Waals surface area (Å²) in [4.78, 5) is 12.3. The first-order chi connectivity index (χ1) is 17.2. The van der Waals surface area contributed by atoms with Crippen molar-refractivity contribution in [1.29, 1.82) is 0 Å². The van der Waals surface area contributed by atoms with Gasteiger partial charge in [0.05, 0.1) is 12.0 Å². The van der Waals surface area contributed by atoms with Crippen LogP contribution in [-0.4, -0.2) is 43.8 Å². The molecular formula is C30H42O5. The zero-order valence-electron chi connectivity index (χ0n) is 21.4. The molecular weight excluding hydrogens is 440 g/mol. The van der Waals surface area contributed by atoms with Crippen LogP contribution in [0.2, 0.25) is 0 Å². The minimum Gasteiger partial charge on any atom is -0.353 e. The third-order valence-electron chi connectivity index (χ3n) is 8.87. The predicted molar refractivity (Wildman–Crippen MR) is 133 cm³/mol. The summed E-state index contributed by atoms with van der Waals surface area (Å²) in [5, 5.41) is 0. The lowest BCUT2D eigenvalue weighted by Crippen LogP contribution is -2.44. The smallest absolute Gasteiger partial charge is 0.159 e. The van der Waals surface area contributed by atoms with Gasteiger partial charge in [-0.3, -0.25) is 4.79 Å². The average Bonchev–Trinajstić information content (AvgIpc) is 3.35. The van der Waals surface area contributed by atoms with E-state index in [1.54, 1.807) is 0 Å². The van der Waals surface area contributed by atoms with Gasteiger partial charge in [-0.05, 0) is 69.6 Å². The Morgan fingerprint density at radius 1 is 1.00 bits per heavy atom. The van der Waals surface area contributed by atoms with Gasteiger partial charge >= 0.3 is 0 Å². The molecule has 0 bridgehead atoms. The van der Waals surface area contributed by atoms with Gasteiger partial charge in [0, 0.05) is 44.3 Å². The monoisotopic (exact) mass is 482 g/mol. The molecule has 0 spiro atoms. The van der Waals surface area contributed by atoms with Gasteiger partial charge in [-0.2, -0.15) is 0 Å². The Labute approximate surface area is 211 Å². The molecule has 5 rings (SSSR count). The molecule has 35 heavy (non-hydrogen) atoms. The summed E-state index contributed by atoms with van der Waals surface area (Å²) in [6, 6.07) is 0. The lowest BCUT2D eigenvalue weighted by Gasteiger charge is -2.45. The van der Waals surface area contributed by atoms with Crippen molar-refractivity contribution < 1.29 is 23.7 Å². The van der Waals surface area contributed by atoms with Crippen LogP contribution in [-0.2, 0) is 23.7 Å². The number of ketones is 1. The summed E-state index contributed by atoms with van der Waals surface area (Å²) >= 11 is 0. The number of rotatable bonds is 6. The number of carbonyl (C=O) groups is 1. The molecule has 0 aromatic heterocycles. The largest absolute Gasteiger partial charge is 0.353 e. The van der Waals surface area contributed by atoms with Crippen LogP contribution in [0.3, 0.4) is 0 Å². The van der Waals surface area contributed by atoms with Crippen molar-refractivity contribution in [3.05, 3.63) is 0 Å². The van der Waals surface area contributed by atoms with Crippen LogP contribution < -0.4 is 0 Å². The van der Waals surface area contributed by atoms with E-state index in [1.807, 2.05) is 0 Å². The van der Waals surface area contributed by atoms with Crippen LogP contribution in [0.25, 0.3) is 0 Å². The summed E-state index contributed by atoms with van der Waals surface area (Å²) in [5.74, 6) is 15.1. The van der Waals surface area contributed by atoms with Gasteiger partial charge in [0.15, 0.2) is 12.6 Å². The van der Waals surface area contributed by atoms with E-state index in [-0.39, 0.29) is 36.1 Å². The molecule has 2 unspecified atom stereocenters. The van der Waals surface area contributed by atoms with Gasteiger partial charge in [-0.25, -0.2) is 0 Å². The van der Waals surface area contributed by atoms with Crippen LogP contribution in [0.5, 0.6) is 0 Å². The molecule has 5 aliphatic rings. The Hall–Kier alpha value is -1.37. The Bertz CT molecular complexity index is 843. The van der Waals surface area contributed by atoms with Crippen LogP contribution in [0, 0.1) is 46.9 Å². The molecule has 2 saturated heterocycles. The molecule has 3 aliphatic carbocycles. The second-order valence-corrected chi connectivity index (χ2v) is 11.3. The standard InChI is InChI=1S/C30H42O5/c1-2-3-6-14-30(15-9-16-30)27(35-29-11-5-8-18-33-29)13-12-24-25-21-23(31)19-22(25)20-26(24)34-28-10-4-7-17-32-28/h22,24-29H,2,4-5,7-11,14-21H2,1H3/t22-,24-,25-,26+,27+,28?,29?/m0/s1. The zero-order chi connectivity index (χ0) is 24.1. The average molecular weight is 483 g/mol. The summed E-state index contributed by atoms with van der Waals surface area (Å²) in [7, 11) is 0. The number of hydrogen-bond acceptors (Lipinski definition) is 5. The first-order valence-corrected chi connectivity index (χ1v) is 14.2. The highest BCUT2D eigenvalue weighted by atomic mass is 16.7. The quantitative estimate of drug-likeness (QED) is 0.474. The fourth-order valence-corrected chi connectivity index (χ4v) is 6.71. The third kappa shape index (κ3) is 5.97. The summed E-state index contributed by atoms with van der Waals surface area (Å²) in [5.41, 5.74) is -0.0116. The maximum Gasteiger partial charge on any atom is 0.159 e. The zero-order valence-corrected chi connectivity index (χ0v) is 21.4. The highest BCUT2D eigenvalue weighted by molar-refractivity contribution is 5.81. The number of hydrogen-bond donors (Lipinski definition) is 0. The Balaban J connectivity index is 1.37. The molecule has 0 radical (unpaired) electrons. The van der Waals surface area contributed by atoms with E-state index in [0.717, 1.165) is 83.8 Å². The molecule has 5 nitrogen and oxygen atoms in total. The summed E-state index contributed by atoms with van der Waals surface area (Å²) in [6.07, 6.45) is 13.3. The highest BCUT2D eigenvalue weighted by Gasteiger charge is 2.50. The Kier molecular flexibility index (Phi) is 8.51. The van der Waals surface area contributed by atoms with Crippen LogP contribution in [0.4, 0.5) is 0 Å². The van der Waals surface area contributed by atoms with Gasteiger partial charge in [0.2, 0.25) is 0 Å². The highest BCUT2D eigenvalue weighted by Crippen LogP contribution is 2.50. The van der Waals surface area contributed by atoms with E-state index in [1.165, 1.54) is 6.42 Å².